The number of methoxy groups -OCH3 is 1. The maximum absolute atomic E-state index is 12.9. The fourth-order valence-corrected chi connectivity index (χ4v) is 5.19. The van der Waals surface area contributed by atoms with E-state index in [2.05, 4.69) is 22.7 Å². The maximum atomic E-state index is 12.9. The Labute approximate surface area is 148 Å². The molecular formula is C19H27N3O3. The van der Waals surface area contributed by atoms with Crippen LogP contribution >= 0.6 is 0 Å². The number of fused-ring (bicyclic) bond motifs is 3. The molecule has 2 heterocycles. The average molecular weight is 345 g/mol. The first-order valence-electron chi connectivity index (χ1n) is 9.30. The van der Waals surface area contributed by atoms with Crippen molar-refractivity contribution in [3.8, 4) is 11.5 Å². The van der Waals surface area contributed by atoms with Crippen LogP contribution in [0.3, 0.4) is 0 Å². The molecule has 1 aromatic rings. The first-order valence-corrected chi connectivity index (χ1v) is 9.30. The molecule has 5 unspecified atom stereocenters. The van der Waals surface area contributed by atoms with E-state index in [-0.39, 0.29) is 35.6 Å². The topological polar surface area (TPSA) is 73.8 Å². The zero-order chi connectivity index (χ0) is 17.6. The van der Waals surface area contributed by atoms with Crippen LogP contribution < -0.4 is 15.6 Å². The molecule has 0 spiro atoms. The Bertz CT molecular complexity index is 665. The van der Waals surface area contributed by atoms with E-state index in [0.29, 0.717) is 11.7 Å². The fraction of sp³-hybridized carbons (Fsp3) is 0.632. The van der Waals surface area contributed by atoms with Crippen LogP contribution in [-0.4, -0.2) is 48.2 Å². The number of rotatable bonds is 3. The summed E-state index contributed by atoms with van der Waals surface area (Å²) < 4.78 is 5.27. The number of benzene rings is 1. The molecule has 3 aliphatic rings. The molecule has 5 atom stereocenters. The Balaban J connectivity index is 1.62. The van der Waals surface area contributed by atoms with Crippen LogP contribution in [0.1, 0.15) is 37.7 Å². The minimum Gasteiger partial charge on any atom is -0.504 e. The van der Waals surface area contributed by atoms with Crippen molar-refractivity contribution in [3.63, 3.8) is 0 Å². The second-order valence-electron chi connectivity index (χ2n) is 7.42. The van der Waals surface area contributed by atoms with Gasteiger partial charge in [0.25, 0.3) is 0 Å². The second kappa shape index (κ2) is 6.50. The number of aromatic hydroxyl groups is 1. The van der Waals surface area contributed by atoms with E-state index in [1.807, 2.05) is 12.1 Å². The lowest BCUT2D eigenvalue weighted by molar-refractivity contribution is -0.146. The number of carbonyl (C=O) groups excluding carboxylic acids is 1. The number of hydrogen-bond donors (Lipinski definition) is 3. The molecule has 6 heteroatoms. The van der Waals surface area contributed by atoms with Crippen molar-refractivity contribution in [2.24, 2.45) is 11.8 Å². The molecule has 1 aromatic carbocycles. The van der Waals surface area contributed by atoms with Crippen molar-refractivity contribution in [1.29, 1.82) is 0 Å². The summed E-state index contributed by atoms with van der Waals surface area (Å²) in [6.07, 6.45) is 2.99. The number of nitrogens with zero attached hydrogens (tertiary/aromatic N) is 1. The van der Waals surface area contributed by atoms with Crippen molar-refractivity contribution < 1.29 is 14.6 Å². The number of amides is 1. The summed E-state index contributed by atoms with van der Waals surface area (Å²) in [6, 6.07) is 6.17. The third-order valence-electron chi connectivity index (χ3n) is 6.39. The van der Waals surface area contributed by atoms with E-state index in [4.69, 9.17) is 4.74 Å². The number of carbonyl (C=O) groups is 1. The highest BCUT2D eigenvalue weighted by molar-refractivity contribution is 5.81. The number of likely N-dealkylation sites (tertiary alicyclic amines) is 1. The van der Waals surface area contributed by atoms with Gasteiger partial charge in [-0.1, -0.05) is 12.1 Å². The fourth-order valence-electron chi connectivity index (χ4n) is 5.19. The first-order chi connectivity index (χ1) is 12.2. The van der Waals surface area contributed by atoms with E-state index in [1.165, 1.54) is 0 Å². The van der Waals surface area contributed by atoms with E-state index < -0.39 is 0 Å². The van der Waals surface area contributed by atoms with Crippen LogP contribution in [0.2, 0.25) is 0 Å². The number of ether oxygens (including phenoxy) is 1. The lowest BCUT2D eigenvalue weighted by Gasteiger charge is -2.50. The molecule has 1 amide bonds. The normalized spacial score (nSPS) is 34.6. The summed E-state index contributed by atoms with van der Waals surface area (Å²) in [5.74, 6) is 1.82. The third kappa shape index (κ3) is 2.59. The van der Waals surface area contributed by atoms with Gasteiger partial charge in [0, 0.05) is 30.7 Å². The van der Waals surface area contributed by atoms with Gasteiger partial charge in [-0.05, 0) is 44.1 Å². The van der Waals surface area contributed by atoms with Gasteiger partial charge in [-0.15, -0.1) is 0 Å². The molecule has 2 saturated heterocycles. The Morgan fingerprint density at radius 2 is 2.20 bits per heavy atom. The number of nitrogens with one attached hydrogen (secondary N) is 2. The standard InChI is InChI=1S/C19H27N3O3/c1-3-22-15-9-11(12-5-4-6-16(25-2)18(12)23)7-8-13(15)17-14(19(22)24)10-20-21-17/h4-6,11,13-15,17,20-21,23H,3,7-10H2,1-2H3. The number of piperidine rings is 1. The molecule has 3 fully saturated rings. The second-order valence-corrected chi connectivity index (χ2v) is 7.42. The molecule has 3 N–H and O–H groups in total. The van der Waals surface area contributed by atoms with E-state index in [1.54, 1.807) is 13.2 Å². The van der Waals surface area contributed by atoms with Gasteiger partial charge in [0.2, 0.25) is 5.91 Å². The lowest BCUT2D eigenvalue weighted by atomic mass is 9.67. The zero-order valence-corrected chi connectivity index (χ0v) is 14.9. The predicted molar refractivity (Wildman–Crippen MR) is 94.3 cm³/mol. The lowest BCUT2D eigenvalue weighted by Crippen LogP contribution is -2.61. The summed E-state index contributed by atoms with van der Waals surface area (Å²) >= 11 is 0. The highest BCUT2D eigenvalue weighted by Gasteiger charge is 2.51. The smallest absolute Gasteiger partial charge is 0.228 e. The number of hydrazine groups is 1. The molecule has 1 saturated carbocycles. The number of hydrogen-bond acceptors (Lipinski definition) is 5. The molecule has 136 valence electrons. The Kier molecular flexibility index (Phi) is 4.33. The third-order valence-corrected chi connectivity index (χ3v) is 6.39. The van der Waals surface area contributed by atoms with Crippen molar-refractivity contribution in [3.05, 3.63) is 23.8 Å². The van der Waals surface area contributed by atoms with Crippen LogP contribution in [-0.2, 0) is 4.79 Å². The highest BCUT2D eigenvalue weighted by atomic mass is 16.5. The van der Waals surface area contributed by atoms with Gasteiger partial charge in [0.1, 0.15) is 0 Å². The maximum Gasteiger partial charge on any atom is 0.228 e. The number of phenols is 1. The van der Waals surface area contributed by atoms with Gasteiger partial charge in [0.15, 0.2) is 11.5 Å². The number of phenolic OH excluding ortho intramolecular Hbond substituents is 1. The Hall–Kier alpha value is -1.79. The van der Waals surface area contributed by atoms with Gasteiger partial charge in [-0.2, -0.15) is 0 Å². The molecule has 25 heavy (non-hydrogen) atoms. The van der Waals surface area contributed by atoms with Gasteiger partial charge in [-0.3, -0.25) is 15.6 Å². The van der Waals surface area contributed by atoms with Crippen LogP contribution in [0.5, 0.6) is 11.5 Å². The van der Waals surface area contributed by atoms with E-state index in [9.17, 15) is 9.90 Å². The first kappa shape index (κ1) is 16.7. The van der Waals surface area contributed by atoms with Crippen molar-refractivity contribution >= 4 is 5.91 Å². The molecule has 4 rings (SSSR count). The van der Waals surface area contributed by atoms with Crippen LogP contribution in [0.15, 0.2) is 18.2 Å². The summed E-state index contributed by atoms with van der Waals surface area (Å²) in [5.41, 5.74) is 7.48. The summed E-state index contributed by atoms with van der Waals surface area (Å²) in [6.45, 7) is 3.54. The number of para-hydroxylation sites is 1. The average Bonchev–Trinajstić information content (AvgIpc) is 3.12. The quantitative estimate of drug-likeness (QED) is 0.776. The van der Waals surface area contributed by atoms with Crippen LogP contribution in [0.4, 0.5) is 0 Å². The van der Waals surface area contributed by atoms with E-state index >= 15 is 0 Å². The van der Waals surface area contributed by atoms with Crippen molar-refractivity contribution in [1.82, 2.24) is 15.8 Å². The van der Waals surface area contributed by atoms with Gasteiger partial charge < -0.3 is 14.7 Å². The minimum absolute atomic E-state index is 0.0583. The molecule has 0 radical (unpaired) electrons. The molecule has 6 nitrogen and oxygen atoms in total. The molecule has 2 aliphatic heterocycles. The highest BCUT2D eigenvalue weighted by Crippen LogP contribution is 2.47. The molecule has 0 bridgehead atoms. The Morgan fingerprint density at radius 1 is 1.36 bits per heavy atom. The summed E-state index contributed by atoms with van der Waals surface area (Å²) in [4.78, 5) is 15.0. The van der Waals surface area contributed by atoms with Crippen LogP contribution in [0.25, 0.3) is 0 Å². The molecule has 1 aliphatic carbocycles. The predicted octanol–water partition coefficient (Wildman–Crippen LogP) is 1.61. The summed E-state index contributed by atoms with van der Waals surface area (Å²) in [5, 5.41) is 10.5. The minimum atomic E-state index is 0.0583. The molecular weight excluding hydrogens is 318 g/mol. The van der Waals surface area contributed by atoms with Gasteiger partial charge in [0.05, 0.1) is 13.0 Å². The Morgan fingerprint density at radius 3 is 2.96 bits per heavy atom. The largest absolute Gasteiger partial charge is 0.504 e. The zero-order valence-electron chi connectivity index (χ0n) is 14.9. The SMILES string of the molecule is CCN1C(=O)C2CNNC2C2CCC(c3cccc(OC)c3O)CC21. The van der Waals surface area contributed by atoms with Gasteiger partial charge >= 0.3 is 0 Å². The summed E-state index contributed by atoms with van der Waals surface area (Å²) in [7, 11) is 1.58. The van der Waals surface area contributed by atoms with E-state index in [0.717, 1.165) is 37.9 Å². The van der Waals surface area contributed by atoms with Crippen molar-refractivity contribution in [2.45, 2.75) is 44.2 Å². The van der Waals surface area contributed by atoms with Crippen LogP contribution in [0, 0.1) is 11.8 Å². The molecule has 0 aromatic heterocycles. The van der Waals surface area contributed by atoms with Crippen molar-refractivity contribution in [2.75, 3.05) is 20.2 Å². The van der Waals surface area contributed by atoms with Gasteiger partial charge in [-0.25, -0.2) is 0 Å². The monoisotopic (exact) mass is 345 g/mol.